The van der Waals surface area contributed by atoms with Gasteiger partial charge >= 0.3 is 0 Å². The highest BCUT2D eigenvalue weighted by atomic mass is 16.6. The van der Waals surface area contributed by atoms with Crippen molar-refractivity contribution in [3.05, 3.63) is 100 Å². The Morgan fingerprint density at radius 2 is 1.48 bits per heavy atom. The zero-order valence-corrected chi connectivity index (χ0v) is 14.6. The maximum absolute atomic E-state index is 11.4. The molecule has 0 spiro atoms. The van der Waals surface area contributed by atoms with Crippen LogP contribution in [0.15, 0.2) is 78.9 Å². The molecule has 0 saturated heterocycles. The molecule has 130 valence electrons. The first-order valence-corrected chi connectivity index (χ1v) is 9.07. The predicted octanol–water partition coefficient (Wildman–Crippen LogP) is 5.87. The molecule has 5 rings (SSSR count). The van der Waals surface area contributed by atoms with Gasteiger partial charge in [-0.25, -0.2) is 0 Å². The van der Waals surface area contributed by atoms with E-state index in [4.69, 9.17) is 0 Å². The number of nitrogens with zero attached hydrogens (tertiary/aromatic N) is 1. The third-order valence-corrected chi connectivity index (χ3v) is 5.45. The first kappa shape index (κ1) is 15.8. The molecular weight excluding hydrogens is 334 g/mol. The van der Waals surface area contributed by atoms with Crippen LogP contribution in [0.1, 0.15) is 11.1 Å². The zero-order chi connectivity index (χ0) is 18.4. The van der Waals surface area contributed by atoms with Crippen molar-refractivity contribution < 1.29 is 4.92 Å². The second kappa shape index (κ2) is 6.06. The lowest BCUT2D eigenvalue weighted by Gasteiger charge is -2.20. The summed E-state index contributed by atoms with van der Waals surface area (Å²) in [5.41, 5.74) is 4.52. The molecule has 4 aromatic carbocycles. The summed E-state index contributed by atoms with van der Waals surface area (Å²) in [6.45, 7) is 0. The predicted molar refractivity (Wildman–Crippen MR) is 110 cm³/mol. The summed E-state index contributed by atoms with van der Waals surface area (Å²) < 4.78 is 0. The summed E-state index contributed by atoms with van der Waals surface area (Å²) in [7, 11) is 0. The second-order valence-corrected chi connectivity index (χ2v) is 6.98. The fraction of sp³-hybridized carbons (Fsp3) is 0.0833. The van der Waals surface area contributed by atoms with Crippen LogP contribution in [0.2, 0.25) is 0 Å². The van der Waals surface area contributed by atoms with Gasteiger partial charge in [0.25, 0.3) is 0 Å². The van der Waals surface area contributed by atoms with E-state index in [1.54, 1.807) is 6.08 Å². The van der Waals surface area contributed by atoms with E-state index in [1.165, 1.54) is 10.9 Å². The van der Waals surface area contributed by atoms with Gasteiger partial charge in [0.15, 0.2) is 0 Å². The lowest BCUT2D eigenvalue weighted by molar-refractivity contribution is -0.508. The highest BCUT2D eigenvalue weighted by molar-refractivity contribution is 6.13. The van der Waals surface area contributed by atoms with Crippen molar-refractivity contribution in [2.45, 2.75) is 12.5 Å². The minimum atomic E-state index is -0.657. The van der Waals surface area contributed by atoms with Crippen molar-refractivity contribution in [1.82, 2.24) is 0 Å². The van der Waals surface area contributed by atoms with Crippen LogP contribution >= 0.6 is 0 Å². The zero-order valence-electron chi connectivity index (χ0n) is 14.6. The molecule has 0 amide bonds. The van der Waals surface area contributed by atoms with E-state index in [0.717, 1.165) is 32.8 Å². The van der Waals surface area contributed by atoms with Crippen molar-refractivity contribution in [2.24, 2.45) is 0 Å². The number of benzene rings is 4. The van der Waals surface area contributed by atoms with E-state index in [9.17, 15) is 10.1 Å². The third-order valence-electron chi connectivity index (χ3n) is 5.45. The summed E-state index contributed by atoms with van der Waals surface area (Å²) in [4.78, 5) is 11.2. The number of hydrogen-bond acceptors (Lipinski definition) is 2. The molecule has 0 saturated carbocycles. The van der Waals surface area contributed by atoms with Crippen LogP contribution in [0.5, 0.6) is 0 Å². The minimum Gasteiger partial charge on any atom is -0.264 e. The monoisotopic (exact) mass is 351 g/mol. The van der Waals surface area contributed by atoms with Gasteiger partial charge in [-0.15, -0.1) is 0 Å². The Morgan fingerprint density at radius 1 is 0.778 bits per heavy atom. The third kappa shape index (κ3) is 2.51. The van der Waals surface area contributed by atoms with Gasteiger partial charge in [0, 0.05) is 11.3 Å². The SMILES string of the molecule is O=[N+]([O-])C1C=Cc2c(c3ccccc3c3ccc(-c4ccccc4)cc23)C1. The Kier molecular flexibility index (Phi) is 3.54. The van der Waals surface area contributed by atoms with Gasteiger partial charge in [-0.05, 0) is 55.9 Å². The molecule has 0 N–H and O–H groups in total. The molecular formula is C24H17NO2. The summed E-state index contributed by atoms with van der Waals surface area (Å²) in [5.74, 6) is 0. The van der Waals surface area contributed by atoms with Gasteiger partial charge in [-0.3, -0.25) is 10.1 Å². The van der Waals surface area contributed by atoms with Gasteiger partial charge < -0.3 is 0 Å². The summed E-state index contributed by atoms with van der Waals surface area (Å²) in [6, 6.07) is 24.4. The smallest absolute Gasteiger partial charge is 0.235 e. The molecule has 1 atom stereocenters. The van der Waals surface area contributed by atoms with Crippen LogP contribution in [0.3, 0.4) is 0 Å². The van der Waals surface area contributed by atoms with E-state index in [-0.39, 0.29) is 4.92 Å². The lowest BCUT2D eigenvalue weighted by Crippen LogP contribution is -2.22. The lowest BCUT2D eigenvalue weighted by atomic mass is 9.84. The molecule has 4 aromatic rings. The highest BCUT2D eigenvalue weighted by Crippen LogP contribution is 2.38. The molecule has 1 aliphatic carbocycles. The van der Waals surface area contributed by atoms with Gasteiger partial charge in [0.2, 0.25) is 6.04 Å². The Hall–Kier alpha value is -3.46. The average molecular weight is 351 g/mol. The molecule has 27 heavy (non-hydrogen) atoms. The standard InChI is InChI=1S/C24H17NO2/c26-25(27)18-11-13-22-23-14-17(16-6-2-1-3-7-16)10-12-21(23)19-8-4-5-9-20(19)24(22)15-18/h1-14,18H,15H2. The number of hydrogen-bond donors (Lipinski definition) is 0. The molecule has 3 heteroatoms. The number of nitro groups is 1. The first-order valence-electron chi connectivity index (χ1n) is 9.07. The maximum Gasteiger partial charge on any atom is 0.235 e. The van der Waals surface area contributed by atoms with Crippen molar-refractivity contribution in [1.29, 1.82) is 0 Å². The Labute approximate surface area is 156 Å². The van der Waals surface area contributed by atoms with Gasteiger partial charge in [0.05, 0.1) is 0 Å². The Bertz CT molecular complexity index is 1230. The van der Waals surface area contributed by atoms with Crippen molar-refractivity contribution in [3.63, 3.8) is 0 Å². The van der Waals surface area contributed by atoms with Gasteiger partial charge in [-0.1, -0.05) is 72.8 Å². The molecule has 0 fully saturated rings. The molecule has 1 unspecified atom stereocenters. The molecule has 1 aliphatic rings. The second-order valence-electron chi connectivity index (χ2n) is 6.98. The van der Waals surface area contributed by atoms with Crippen LogP contribution in [-0.4, -0.2) is 11.0 Å². The highest BCUT2D eigenvalue weighted by Gasteiger charge is 2.25. The van der Waals surface area contributed by atoms with E-state index < -0.39 is 6.04 Å². The summed E-state index contributed by atoms with van der Waals surface area (Å²) >= 11 is 0. The normalized spacial score (nSPS) is 15.8. The largest absolute Gasteiger partial charge is 0.264 e. The molecule has 0 aromatic heterocycles. The molecule has 0 aliphatic heterocycles. The maximum atomic E-state index is 11.4. The molecule has 0 bridgehead atoms. The Morgan fingerprint density at radius 3 is 2.26 bits per heavy atom. The van der Waals surface area contributed by atoms with Crippen LogP contribution in [-0.2, 0) is 6.42 Å². The van der Waals surface area contributed by atoms with Crippen molar-refractivity contribution >= 4 is 27.6 Å². The first-order chi connectivity index (χ1) is 13.2. The van der Waals surface area contributed by atoms with Gasteiger partial charge in [-0.2, -0.15) is 0 Å². The fourth-order valence-electron chi connectivity index (χ4n) is 4.14. The molecule has 3 nitrogen and oxygen atoms in total. The minimum absolute atomic E-state index is 0.196. The average Bonchev–Trinajstić information content (AvgIpc) is 2.74. The van der Waals surface area contributed by atoms with Crippen LogP contribution < -0.4 is 0 Å². The van der Waals surface area contributed by atoms with E-state index in [2.05, 4.69) is 42.5 Å². The van der Waals surface area contributed by atoms with E-state index in [1.807, 2.05) is 36.4 Å². The quantitative estimate of drug-likeness (QED) is 0.257. The van der Waals surface area contributed by atoms with Crippen LogP contribution in [0.25, 0.3) is 38.7 Å². The topological polar surface area (TPSA) is 43.1 Å². The molecule has 0 radical (unpaired) electrons. The van der Waals surface area contributed by atoms with Crippen LogP contribution in [0.4, 0.5) is 0 Å². The summed E-state index contributed by atoms with van der Waals surface area (Å²) in [6.07, 6.45) is 4.10. The van der Waals surface area contributed by atoms with Gasteiger partial charge in [0.1, 0.15) is 0 Å². The van der Waals surface area contributed by atoms with E-state index >= 15 is 0 Å². The Balaban J connectivity index is 1.84. The number of fused-ring (bicyclic) bond motifs is 6. The fourth-order valence-corrected chi connectivity index (χ4v) is 4.14. The van der Waals surface area contributed by atoms with E-state index in [0.29, 0.717) is 6.42 Å². The summed E-state index contributed by atoms with van der Waals surface area (Å²) in [5, 5.41) is 16.0. The van der Waals surface area contributed by atoms with Crippen molar-refractivity contribution in [3.8, 4) is 11.1 Å². The molecule has 0 heterocycles. The number of rotatable bonds is 2. The van der Waals surface area contributed by atoms with Crippen molar-refractivity contribution in [2.75, 3.05) is 0 Å². The van der Waals surface area contributed by atoms with Crippen LogP contribution in [0, 0.1) is 10.1 Å².